The number of rotatable bonds is 2. The molecule has 0 aliphatic carbocycles. The van der Waals surface area contributed by atoms with Crippen molar-refractivity contribution in [3.05, 3.63) is 30.0 Å². The minimum Gasteiger partial charge on any atom is -0.496 e. The van der Waals surface area contributed by atoms with E-state index in [2.05, 4.69) is 0 Å². The zero-order chi connectivity index (χ0) is 16.0. The largest absolute Gasteiger partial charge is 0.496 e. The van der Waals surface area contributed by atoms with Gasteiger partial charge >= 0.3 is 0 Å². The second kappa shape index (κ2) is 5.17. The fourth-order valence-corrected chi connectivity index (χ4v) is 3.40. The maximum atomic E-state index is 12.7. The Balaban J connectivity index is 2.24. The van der Waals surface area contributed by atoms with Crippen molar-refractivity contribution >= 4 is 39.6 Å². The molecule has 7 heteroatoms. The molecule has 1 aromatic heterocycles. The molecule has 0 radical (unpaired) electrons. The summed E-state index contributed by atoms with van der Waals surface area (Å²) in [4.78, 5) is 37.9. The number of benzene rings is 1. The van der Waals surface area contributed by atoms with Crippen LogP contribution in [0.3, 0.4) is 0 Å². The molecule has 0 N–H and O–H groups in total. The van der Waals surface area contributed by atoms with Crippen LogP contribution in [-0.2, 0) is 4.79 Å². The molecule has 22 heavy (non-hydrogen) atoms. The number of aromatic nitrogens is 1. The summed E-state index contributed by atoms with van der Waals surface area (Å²) in [6.07, 6.45) is 0. The number of amides is 1. The van der Waals surface area contributed by atoms with Crippen molar-refractivity contribution in [2.75, 3.05) is 14.2 Å². The van der Waals surface area contributed by atoms with Gasteiger partial charge in [0, 0.05) is 19.4 Å². The van der Waals surface area contributed by atoms with Crippen molar-refractivity contribution in [3.8, 4) is 5.75 Å². The van der Waals surface area contributed by atoms with Crippen LogP contribution < -0.4 is 4.74 Å². The van der Waals surface area contributed by atoms with E-state index in [1.165, 1.54) is 30.5 Å². The third-order valence-corrected chi connectivity index (χ3v) is 4.70. The van der Waals surface area contributed by atoms with Crippen molar-refractivity contribution in [2.45, 2.75) is 12.3 Å². The van der Waals surface area contributed by atoms with E-state index in [9.17, 15) is 14.4 Å². The molecule has 1 aromatic carbocycles. The number of ether oxygens (including phenoxy) is 1. The monoisotopic (exact) mass is 318 g/mol. The molecule has 0 saturated heterocycles. The average Bonchev–Trinajstić information content (AvgIpc) is 2.88. The predicted molar refractivity (Wildman–Crippen MR) is 83.3 cm³/mol. The normalized spacial score (nSPS) is 17.8. The summed E-state index contributed by atoms with van der Waals surface area (Å²) >= 11 is 0.845. The molecule has 1 unspecified atom stereocenters. The van der Waals surface area contributed by atoms with Gasteiger partial charge in [-0.1, -0.05) is 17.8 Å². The van der Waals surface area contributed by atoms with Crippen LogP contribution in [0.4, 0.5) is 0 Å². The summed E-state index contributed by atoms with van der Waals surface area (Å²) in [6.45, 7) is 1.38. The summed E-state index contributed by atoms with van der Waals surface area (Å²) in [7, 11) is 3.06. The molecule has 0 fully saturated rings. The lowest BCUT2D eigenvalue weighted by atomic mass is 10.2. The lowest BCUT2D eigenvalue weighted by Crippen LogP contribution is -2.48. The Bertz CT molecular complexity index is 811. The topological polar surface area (TPSA) is 68.6 Å². The number of fused-ring (bicyclic) bond motifs is 3. The average molecular weight is 318 g/mol. The Morgan fingerprint density at radius 2 is 2.05 bits per heavy atom. The number of carbonyl (C=O) groups is 3. The first-order valence-electron chi connectivity index (χ1n) is 6.62. The third-order valence-electron chi connectivity index (χ3n) is 3.63. The molecule has 114 valence electrons. The molecular formula is C15H14N2O4S. The predicted octanol–water partition coefficient (Wildman–Crippen LogP) is 1.98. The van der Waals surface area contributed by atoms with Crippen molar-refractivity contribution < 1.29 is 19.1 Å². The first-order valence-corrected chi connectivity index (χ1v) is 7.50. The fraction of sp³-hybridized carbons (Fsp3) is 0.267. The van der Waals surface area contributed by atoms with Crippen molar-refractivity contribution in [3.63, 3.8) is 0 Å². The highest BCUT2D eigenvalue weighted by Gasteiger charge is 2.39. The van der Waals surface area contributed by atoms with E-state index in [0.29, 0.717) is 16.7 Å². The molecule has 0 bridgehead atoms. The van der Waals surface area contributed by atoms with Gasteiger partial charge in [-0.05, 0) is 18.2 Å². The maximum absolute atomic E-state index is 12.7. The molecule has 0 spiro atoms. The Hall–Kier alpha value is -2.28. The highest BCUT2D eigenvalue weighted by Crippen LogP contribution is 2.34. The zero-order valence-electron chi connectivity index (χ0n) is 12.3. The molecule has 2 heterocycles. The molecule has 6 nitrogen and oxygen atoms in total. The quantitative estimate of drug-likeness (QED) is 0.847. The van der Waals surface area contributed by atoms with Gasteiger partial charge < -0.3 is 9.64 Å². The Labute approximate surface area is 131 Å². The van der Waals surface area contributed by atoms with Crippen LogP contribution in [0.15, 0.2) is 24.3 Å². The Kier molecular flexibility index (Phi) is 3.44. The smallest absolute Gasteiger partial charge is 0.272 e. The Morgan fingerprint density at radius 3 is 2.68 bits per heavy atom. The summed E-state index contributed by atoms with van der Waals surface area (Å²) in [6, 6.07) is 6.94. The van der Waals surface area contributed by atoms with Gasteiger partial charge in [0.2, 0.25) is 0 Å². The lowest BCUT2D eigenvalue weighted by molar-refractivity contribution is -0.109. The first-order chi connectivity index (χ1) is 10.5. The van der Waals surface area contributed by atoms with Gasteiger partial charge in [-0.15, -0.1) is 0 Å². The van der Waals surface area contributed by atoms with Gasteiger partial charge in [-0.25, -0.2) is 0 Å². The summed E-state index contributed by atoms with van der Waals surface area (Å²) < 4.78 is 6.66. The van der Waals surface area contributed by atoms with E-state index in [1.807, 2.05) is 0 Å². The molecule has 3 rings (SSSR count). The van der Waals surface area contributed by atoms with Gasteiger partial charge in [-0.2, -0.15) is 0 Å². The second-order valence-electron chi connectivity index (χ2n) is 4.97. The van der Waals surface area contributed by atoms with Gasteiger partial charge in [0.25, 0.3) is 11.8 Å². The summed E-state index contributed by atoms with van der Waals surface area (Å²) in [5, 5.41) is -0.363. The molecule has 2 aromatic rings. The molecular weight excluding hydrogens is 304 g/mol. The standard InChI is InChI=1S/C15H14N2O4S/c1-8(18)22-15-14(20)17-10-5-4-6-12(21-3)9(10)7-11(17)13(19)16(15)2/h4-7,15H,1-3H3. The first kappa shape index (κ1) is 14.6. The van der Waals surface area contributed by atoms with Gasteiger partial charge in [0.1, 0.15) is 11.4 Å². The second-order valence-corrected chi connectivity index (χ2v) is 6.23. The minimum atomic E-state index is -0.848. The molecule has 1 amide bonds. The van der Waals surface area contributed by atoms with Gasteiger partial charge in [-0.3, -0.25) is 19.0 Å². The fourth-order valence-electron chi connectivity index (χ4n) is 2.63. The number of methoxy groups -OCH3 is 1. The molecule has 0 saturated carbocycles. The van der Waals surface area contributed by atoms with Crippen LogP contribution in [0.25, 0.3) is 10.9 Å². The van der Waals surface area contributed by atoms with E-state index < -0.39 is 5.37 Å². The van der Waals surface area contributed by atoms with Crippen LogP contribution in [0, 0.1) is 0 Å². The van der Waals surface area contributed by atoms with Crippen molar-refractivity contribution in [2.24, 2.45) is 0 Å². The van der Waals surface area contributed by atoms with E-state index in [4.69, 9.17) is 4.74 Å². The maximum Gasteiger partial charge on any atom is 0.272 e. The number of hydrogen-bond donors (Lipinski definition) is 0. The van der Waals surface area contributed by atoms with Crippen LogP contribution in [-0.4, -0.2) is 45.9 Å². The van der Waals surface area contributed by atoms with E-state index in [-0.39, 0.29) is 22.6 Å². The number of nitrogens with zero attached hydrogens (tertiary/aromatic N) is 2. The third kappa shape index (κ3) is 2.00. The van der Waals surface area contributed by atoms with E-state index >= 15 is 0 Å². The lowest BCUT2D eigenvalue weighted by Gasteiger charge is -2.31. The minimum absolute atomic E-state index is 0.213. The number of carbonyl (C=O) groups excluding carboxylic acids is 3. The van der Waals surface area contributed by atoms with E-state index in [1.54, 1.807) is 24.3 Å². The Morgan fingerprint density at radius 1 is 1.32 bits per heavy atom. The van der Waals surface area contributed by atoms with Crippen LogP contribution in [0.2, 0.25) is 0 Å². The number of thioether (sulfide) groups is 1. The highest BCUT2D eigenvalue weighted by molar-refractivity contribution is 8.14. The molecule has 1 aliphatic heterocycles. The van der Waals surface area contributed by atoms with Crippen LogP contribution >= 0.6 is 11.8 Å². The van der Waals surface area contributed by atoms with Crippen molar-refractivity contribution in [1.29, 1.82) is 0 Å². The number of hydrogen-bond acceptors (Lipinski definition) is 5. The van der Waals surface area contributed by atoms with Gasteiger partial charge in [0.15, 0.2) is 10.5 Å². The van der Waals surface area contributed by atoms with Crippen molar-refractivity contribution in [1.82, 2.24) is 9.47 Å². The zero-order valence-corrected chi connectivity index (χ0v) is 13.1. The number of likely N-dealkylation sites (N-methyl/N-ethyl adjacent to an activating group) is 1. The molecule has 1 aliphatic rings. The van der Waals surface area contributed by atoms with Gasteiger partial charge in [0.05, 0.1) is 12.6 Å². The highest BCUT2D eigenvalue weighted by atomic mass is 32.2. The summed E-state index contributed by atoms with van der Waals surface area (Å²) in [5.41, 5.74) is 0.891. The molecule has 1 atom stereocenters. The SMILES string of the molecule is COc1cccc2c1cc1n2C(=O)C(SC(C)=O)N(C)C1=O. The van der Waals surface area contributed by atoms with Crippen LogP contribution in [0.1, 0.15) is 22.2 Å². The summed E-state index contributed by atoms with van der Waals surface area (Å²) in [5.74, 6) is -0.00409. The van der Waals surface area contributed by atoms with E-state index in [0.717, 1.165) is 11.8 Å². The van der Waals surface area contributed by atoms with Crippen LogP contribution in [0.5, 0.6) is 5.75 Å².